The molecule has 28 heavy (non-hydrogen) atoms. The highest BCUT2D eigenvalue weighted by atomic mass is 16.5. The molecule has 1 aromatic carbocycles. The van der Waals surface area contributed by atoms with E-state index in [2.05, 4.69) is 10.2 Å². The van der Waals surface area contributed by atoms with Gasteiger partial charge in [0.05, 0.1) is 12.1 Å². The van der Waals surface area contributed by atoms with Crippen LogP contribution in [0.2, 0.25) is 0 Å². The van der Waals surface area contributed by atoms with Crippen LogP contribution in [0, 0.1) is 0 Å². The van der Waals surface area contributed by atoms with E-state index in [1.54, 1.807) is 0 Å². The number of carboxylic acids is 1. The van der Waals surface area contributed by atoms with Gasteiger partial charge in [0, 0.05) is 36.4 Å². The van der Waals surface area contributed by atoms with Crippen LogP contribution >= 0.6 is 0 Å². The Morgan fingerprint density at radius 3 is 2.64 bits per heavy atom. The average molecular weight is 386 g/mol. The SMILES string of the molecule is CCc1c(NC2CCOCC2)cc2oc(CN3CCCCC3)cc2c1C(=O)O. The first-order valence-corrected chi connectivity index (χ1v) is 10.5. The molecule has 0 aliphatic carbocycles. The van der Waals surface area contributed by atoms with Gasteiger partial charge in [-0.2, -0.15) is 0 Å². The fourth-order valence-electron chi connectivity index (χ4n) is 4.49. The number of nitrogens with one attached hydrogen (secondary N) is 1. The maximum Gasteiger partial charge on any atom is 0.336 e. The molecular weight excluding hydrogens is 356 g/mol. The number of hydrogen-bond donors (Lipinski definition) is 2. The monoisotopic (exact) mass is 386 g/mol. The van der Waals surface area contributed by atoms with Crippen molar-refractivity contribution in [3.05, 3.63) is 29.0 Å². The largest absolute Gasteiger partial charge is 0.478 e. The molecule has 2 saturated heterocycles. The van der Waals surface area contributed by atoms with E-state index in [0.29, 0.717) is 29.0 Å². The van der Waals surface area contributed by atoms with Crippen molar-refractivity contribution in [1.29, 1.82) is 0 Å². The third kappa shape index (κ3) is 4.03. The Balaban J connectivity index is 1.69. The maximum atomic E-state index is 12.1. The van der Waals surface area contributed by atoms with Crippen LogP contribution < -0.4 is 5.32 Å². The number of piperidine rings is 1. The van der Waals surface area contributed by atoms with Crippen LogP contribution in [-0.2, 0) is 17.7 Å². The molecule has 2 aromatic rings. The van der Waals surface area contributed by atoms with E-state index in [0.717, 1.165) is 62.7 Å². The van der Waals surface area contributed by atoms with E-state index in [9.17, 15) is 9.90 Å². The summed E-state index contributed by atoms with van der Waals surface area (Å²) in [6.07, 6.45) is 6.26. The Hall–Kier alpha value is -2.05. The van der Waals surface area contributed by atoms with Crippen molar-refractivity contribution in [3.63, 3.8) is 0 Å². The third-order valence-electron chi connectivity index (χ3n) is 5.96. The second-order valence-corrected chi connectivity index (χ2v) is 7.93. The lowest BCUT2D eigenvalue weighted by Crippen LogP contribution is -2.28. The molecule has 0 radical (unpaired) electrons. The van der Waals surface area contributed by atoms with Crippen molar-refractivity contribution < 1.29 is 19.1 Å². The van der Waals surface area contributed by atoms with Crippen LogP contribution in [0.5, 0.6) is 0 Å². The first-order chi connectivity index (χ1) is 13.7. The number of ether oxygens (including phenoxy) is 1. The van der Waals surface area contributed by atoms with Crippen molar-refractivity contribution in [2.45, 2.75) is 58.0 Å². The lowest BCUT2D eigenvalue weighted by Gasteiger charge is -2.26. The second kappa shape index (κ2) is 8.53. The van der Waals surface area contributed by atoms with Gasteiger partial charge in [0.1, 0.15) is 11.3 Å². The highest BCUT2D eigenvalue weighted by Gasteiger charge is 2.23. The number of aromatic carboxylic acids is 1. The normalized spacial score (nSPS) is 19.2. The minimum atomic E-state index is -0.886. The summed E-state index contributed by atoms with van der Waals surface area (Å²) in [5, 5.41) is 14.2. The molecule has 0 amide bonds. The number of rotatable bonds is 6. The summed E-state index contributed by atoms with van der Waals surface area (Å²) < 4.78 is 11.6. The van der Waals surface area contributed by atoms with Gasteiger partial charge < -0.3 is 19.6 Å². The molecule has 6 nitrogen and oxygen atoms in total. The molecule has 0 unspecified atom stereocenters. The first-order valence-electron chi connectivity index (χ1n) is 10.5. The van der Waals surface area contributed by atoms with Crippen molar-refractivity contribution >= 4 is 22.6 Å². The van der Waals surface area contributed by atoms with Crippen molar-refractivity contribution in [2.24, 2.45) is 0 Å². The summed E-state index contributed by atoms with van der Waals surface area (Å²) in [5.74, 6) is -0.0348. The number of fused-ring (bicyclic) bond motifs is 1. The number of nitrogens with zero attached hydrogens (tertiary/aromatic N) is 1. The number of hydrogen-bond acceptors (Lipinski definition) is 5. The molecule has 4 rings (SSSR count). The zero-order chi connectivity index (χ0) is 19.5. The van der Waals surface area contributed by atoms with Gasteiger partial charge in [-0.25, -0.2) is 4.79 Å². The Kier molecular flexibility index (Phi) is 5.87. The van der Waals surface area contributed by atoms with Gasteiger partial charge in [0.2, 0.25) is 0 Å². The van der Waals surface area contributed by atoms with E-state index in [1.807, 2.05) is 19.1 Å². The van der Waals surface area contributed by atoms with E-state index in [-0.39, 0.29) is 0 Å². The molecule has 3 heterocycles. The fourth-order valence-corrected chi connectivity index (χ4v) is 4.49. The van der Waals surface area contributed by atoms with Gasteiger partial charge >= 0.3 is 5.97 Å². The third-order valence-corrected chi connectivity index (χ3v) is 5.96. The number of anilines is 1. The number of carbonyl (C=O) groups is 1. The molecule has 6 heteroatoms. The van der Waals surface area contributed by atoms with Crippen molar-refractivity contribution in [3.8, 4) is 0 Å². The van der Waals surface area contributed by atoms with Crippen LogP contribution in [0.4, 0.5) is 5.69 Å². The smallest absolute Gasteiger partial charge is 0.336 e. The zero-order valence-electron chi connectivity index (χ0n) is 16.6. The van der Waals surface area contributed by atoms with Gasteiger partial charge in [-0.05, 0) is 56.8 Å². The molecule has 2 N–H and O–H groups in total. The summed E-state index contributed by atoms with van der Waals surface area (Å²) in [4.78, 5) is 14.5. The van der Waals surface area contributed by atoms with E-state index in [1.165, 1.54) is 19.3 Å². The van der Waals surface area contributed by atoms with Crippen LogP contribution in [0.15, 0.2) is 16.5 Å². The topological polar surface area (TPSA) is 74.9 Å². The van der Waals surface area contributed by atoms with Crippen LogP contribution in [0.3, 0.4) is 0 Å². The average Bonchev–Trinajstić information content (AvgIpc) is 3.09. The molecule has 2 fully saturated rings. The Bertz CT molecular complexity index is 833. The van der Waals surface area contributed by atoms with Gasteiger partial charge in [-0.15, -0.1) is 0 Å². The molecule has 152 valence electrons. The van der Waals surface area contributed by atoms with Crippen LogP contribution in [0.1, 0.15) is 60.7 Å². The second-order valence-electron chi connectivity index (χ2n) is 7.93. The zero-order valence-corrected chi connectivity index (χ0v) is 16.6. The van der Waals surface area contributed by atoms with Gasteiger partial charge in [-0.3, -0.25) is 4.90 Å². The molecule has 0 saturated carbocycles. The quantitative estimate of drug-likeness (QED) is 0.772. The van der Waals surface area contributed by atoms with E-state index >= 15 is 0 Å². The minimum Gasteiger partial charge on any atom is -0.478 e. The highest BCUT2D eigenvalue weighted by Crippen LogP contribution is 2.34. The molecule has 2 aliphatic heterocycles. The van der Waals surface area contributed by atoms with E-state index in [4.69, 9.17) is 9.15 Å². The lowest BCUT2D eigenvalue weighted by molar-refractivity contribution is 0.0697. The summed E-state index contributed by atoms with van der Waals surface area (Å²) >= 11 is 0. The molecule has 0 spiro atoms. The van der Waals surface area contributed by atoms with Crippen molar-refractivity contribution in [1.82, 2.24) is 4.90 Å². The Labute approximate surface area is 165 Å². The molecule has 0 bridgehead atoms. The highest BCUT2D eigenvalue weighted by molar-refractivity contribution is 6.06. The lowest BCUT2D eigenvalue weighted by atomic mass is 9.97. The maximum absolute atomic E-state index is 12.1. The minimum absolute atomic E-state index is 0.306. The number of benzene rings is 1. The molecule has 0 atom stereocenters. The summed E-state index contributed by atoms with van der Waals surface area (Å²) in [5.41, 5.74) is 2.79. The van der Waals surface area contributed by atoms with Crippen LogP contribution in [-0.4, -0.2) is 48.3 Å². The Morgan fingerprint density at radius 1 is 1.21 bits per heavy atom. The van der Waals surface area contributed by atoms with Gasteiger partial charge in [0.25, 0.3) is 0 Å². The first kappa shape index (κ1) is 19.3. The molecule has 2 aliphatic rings. The summed E-state index contributed by atoms with van der Waals surface area (Å²) in [6, 6.07) is 4.24. The number of likely N-dealkylation sites (tertiary alicyclic amines) is 1. The van der Waals surface area contributed by atoms with Gasteiger partial charge in [0.15, 0.2) is 0 Å². The Morgan fingerprint density at radius 2 is 1.96 bits per heavy atom. The molecular formula is C22H30N2O4. The number of carboxylic acid groups (broad SMARTS) is 1. The van der Waals surface area contributed by atoms with E-state index < -0.39 is 5.97 Å². The summed E-state index contributed by atoms with van der Waals surface area (Å²) in [6.45, 7) is 6.41. The summed E-state index contributed by atoms with van der Waals surface area (Å²) in [7, 11) is 0. The van der Waals surface area contributed by atoms with Gasteiger partial charge in [-0.1, -0.05) is 13.3 Å². The van der Waals surface area contributed by atoms with Crippen molar-refractivity contribution in [2.75, 3.05) is 31.6 Å². The number of furan rings is 1. The molecule has 1 aromatic heterocycles. The standard InChI is InChI=1S/C22H30N2O4/c1-2-17-19(23-15-6-10-27-11-7-15)13-20-18(21(17)22(25)26)12-16(28-20)14-24-8-4-3-5-9-24/h12-13,15,23H,2-11,14H2,1H3,(H,25,26). The van der Waals surface area contributed by atoms with Crippen LogP contribution in [0.25, 0.3) is 11.0 Å². The predicted molar refractivity (Wildman–Crippen MR) is 109 cm³/mol. The predicted octanol–water partition coefficient (Wildman–Crippen LogP) is 4.27. The fraction of sp³-hybridized carbons (Fsp3) is 0.591.